The van der Waals surface area contributed by atoms with Gasteiger partial charge in [0.15, 0.2) is 5.75 Å². The summed E-state index contributed by atoms with van der Waals surface area (Å²) in [6, 6.07) is 6.17. The van der Waals surface area contributed by atoms with Crippen LogP contribution in [0.25, 0.3) is 0 Å². The third-order valence-electron chi connectivity index (χ3n) is 2.90. The van der Waals surface area contributed by atoms with Crippen LogP contribution in [0.4, 0.5) is 13.2 Å². The van der Waals surface area contributed by atoms with Crippen LogP contribution in [0.5, 0.6) is 17.2 Å². The quantitative estimate of drug-likeness (QED) is 0.512. The predicted octanol–water partition coefficient (Wildman–Crippen LogP) is 5.04. The number of aromatic hydroxyl groups is 1. The lowest BCUT2D eigenvalue weighted by Gasteiger charge is -2.17. The van der Waals surface area contributed by atoms with Crippen LogP contribution >= 0.6 is 45.2 Å². The zero-order chi connectivity index (χ0) is 18.1. The number of phenols is 1. The fourth-order valence-electron chi connectivity index (χ4n) is 1.91. The molecule has 0 spiro atoms. The Labute approximate surface area is 161 Å². The molecule has 2 aromatic rings. The van der Waals surface area contributed by atoms with E-state index in [-0.39, 0.29) is 20.6 Å². The van der Waals surface area contributed by atoms with Crippen LogP contribution in [0, 0.1) is 7.14 Å². The number of alkyl halides is 3. The van der Waals surface area contributed by atoms with Crippen LogP contribution < -0.4 is 4.74 Å². The Morgan fingerprint density at radius 1 is 1.12 bits per heavy atom. The van der Waals surface area contributed by atoms with Gasteiger partial charge in [-0.3, -0.25) is 4.79 Å². The predicted molar refractivity (Wildman–Crippen MR) is 96.4 cm³/mol. The summed E-state index contributed by atoms with van der Waals surface area (Å²) in [7, 11) is 0. The molecule has 0 fully saturated rings. The molecular weight excluding hydrogens is 555 g/mol. The van der Waals surface area contributed by atoms with Gasteiger partial charge in [0.25, 0.3) is 0 Å². The van der Waals surface area contributed by atoms with Gasteiger partial charge in [0.2, 0.25) is 0 Å². The lowest BCUT2D eigenvalue weighted by atomic mass is 10.1. The van der Waals surface area contributed by atoms with Crippen molar-refractivity contribution < 1.29 is 32.9 Å². The molecule has 0 aliphatic heterocycles. The number of hydrogen-bond donors (Lipinski definition) is 2. The van der Waals surface area contributed by atoms with E-state index in [9.17, 15) is 23.1 Å². The largest absolute Gasteiger partial charge is 0.507 e. The Morgan fingerprint density at radius 3 is 2.33 bits per heavy atom. The standard InChI is InChI=1S/C15H9F3I2O4/c16-15(17,18)9-3-7(5-13(22)23)4-11(20)14(9)24-8-1-2-12(21)10(19)6-8/h1-4,6,21H,5H2,(H,22,23). The zero-order valence-electron chi connectivity index (χ0n) is 11.7. The van der Waals surface area contributed by atoms with Crippen molar-refractivity contribution in [3.63, 3.8) is 0 Å². The van der Waals surface area contributed by atoms with E-state index in [1.165, 1.54) is 24.3 Å². The Hall–Kier alpha value is -1.24. The summed E-state index contributed by atoms with van der Waals surface area (Å²) in [5.74, 6) is -1.50. The van der Waals surface area contributed by atoms with Gasteiger partial charge in [-0.25, -0.2) is 0 Å². The summed E-state index contributed by atoms with van der Waals surface area (Å²) >= 11 is 3.50. The van der Waals surface area contributed by atoms with Crippen LogP contribution in [-0.2, 0) is 17.4 Å². The SMILES string of the molecule is O=C(O)Cc1cc(I)c(Oc2ccc(O)c(I)c2)c(C(F)(F)F)c1. The summed E-state index contributed by atoms with van der Waals surface area (Å²) in [6.07, 6.45) is -5.22. The molecule has 0 unspecified atom stereocenters. The van der Waals surface area contributed by atoms with E-state index in [4.69, 9.17) is 9.84 Å². The smallest absolute Gasteiger partial charge is 0.420 e. The highest BCUT2D eigenvalue weighted by atomic mass is 127. The van der Waals surface area contributed by atoms with Crippen molar-refractivity contribution >= 4 is 51.2 Å². The number of benzene rings is 2. The summed E-state index contributed by atoms with van der Waals surface area (Å²) in [5, 5.41) is 18.2. The third kappa shape index (κ3) is 4.65. The van der Waals surface area contributed by atoms with E-state index in [0.717, 1.165) is 6.07 Å². The molecule has 0 atom stereocenters. The summed E-state index contributed by atoms with van der Waals surface area (Å²) < 4.78 is 45.9. The van der Waals surface area contributed by atoms with E-state index in [1.807, 2.05) is 22.6 Å². The number of aliphatic carboxylic acids is 1. The van der Waals surface area contributed by atoms with Crippen molar-refractivity contribution in [1.82, 2.24) is 0 Å². The molecule has 0 saturated heterocycles. The third-order valence-corrected chi connectivity index (χ3v) is 4.57. The van der Waals surface area contributed by atoms with Crippen LogP contribution in [0.15, 0.2) is 30.3 Å². The minimum atomic E-state index is -4.70. The molecule has 2 rings (SSSR count). The first-order valence-electron chi connectivity index (χ1n) is 6.35. The molecule has 2 N–H and O–H groups in total. The number of halogens is 5. The molecule has 9 heteroatoms. The zero-order valence-corrected chi connectivity index (χ0v) is 16.0. The Bertz CT molecular complexity index is 791. The maximum absolute atomic E-state index is 13.3. The Kier molecular flexibility index (Phi) is 5.83. The molecule has 0 saturated carbocycles. The number of ether oxygens (including phenoxy) is 1. The molecule has 0 radical (unpaired) electrons. The first kappa shape index (κ1) is 19.1. The number of carbonyl (C=O) groups is 1. The average Bonchev–Trinajstić information content (AvgIpc) is 2.43. The van der Waals surface area contributed by atoms with E-state index in [0.29, 0.717) is 3.57 Å². The maximum Gasteiger partial charge on any atom is 0.420 e. The number of carboxylic acid groups (broad SMARTS) is 1. The minimum absolute atomic E-state index is 0.00880. The molecule has 0 aromatic heterocycles. The first-order valence-corrected chi connectivity index (χ1v) is 8.51. The Morgan fingerprint density at radius 2 is 1.79 bits per heavy atom. The van der Waals surface area contributed by atoms with Gasteiger partial charge < -0.3 is 14.9 Å². The van der Waals surface area contributed by atoms with Gasteiger partial charge in [0, 0.05) is 0 Å². The summed E-state index contributed by atoms with van der Waals surface area (Å²) in [4.78, 5) is 10.7. The highest BCUT2D eigenvalue weighted by Crippen LogP contribution is 2.42. The molecule has 4 nitrogen and oxygen atoms in total. The van der Waals surface area contributed by atoms with Crippen LogP contribution in [-0.4, -0.2) is 16.2 Å². The molecule has 0 aliphatic rings. The molecule has 24 heavy (non-hydrogen) atoms. The fourth-order valence-corrected chi connectivity index (χ4v) is 3.20. The van der Waals surface area contributed by atoms with Gasteiger partial charge in [-0.1, -0.05) is 0 Å². The summed E-state index contributed by atoms with van der Waals surface area (Å²) in [6.45, 7) is 0. The maximum atomic E-state index is 13.3. The topological polar surface area (TPSA) is 66.8 Å². The lowest BCUT2D eigenvalue weighted by molar-refractivity contribution is -0.139. The van der Waals surface area contributed by atoms with Crippen molar-refractivity contribution in [2.75, 3.05) is 0 Å². The van der Waals surface area contributed by atoms with E-state index >= 15 is 0 Å². The fraction of sp³-hybridized carbons (Fsp3) is 0.133. The van der Waals surface area contributed by atoms with E-state index < -0.39 is 29.9 Å². The van der Waals surface area contributed by atoms with Crippen molar-refractivity contribution in [2.45, 2.75) is 12.6 Å². The molecule has 0 aliphatic carbocycles. The highest BCUT2D eigenvalue weighted by molar-refractivity contribution is 14.1. The monoisotopic (exact) mass is 564 g/mol. The highest BCUT2D eigenvalue weighted by Gasteiger charge is 2.36. The normalized spacial score (nSPS) is 11.4. The van der Waals surface area contributed by atoms with Gasteiger partial charge in [0.1, 0.15) is 11.5 Å². The van der Waals surface area contributed by atoms with E-state index in [2.05, 4.69) is 0 Å². The molecule has 0 bridgehead atoms. The number of hydrogen-bond acceptors (Lipinski definition) is 3. The van der Waals surface area contributed by atoms with Crippen LogP contribution in [0.1, 0.15) is 11.1 Å². The van der Waals surface area contributed by atoms with Crippen LogP contribution in [0.3, 0.4) is 0 Å². The van der Waals surface area contributed by atoms with Gasteiger partial charge in [-0.2, -0.15) is 13.2 Å². The van der Waals surface area contributed by atoms with Crippen molar-refractivity contribution in [2.24, 2.45) is 0 Å². The molecule has 128 valence electrons. The molecule has 0 amide bonds. The second-order valence-electron chi connectivity index (χ2n) is 4.74. The van der Waals surface area contributed by atoms with Gasteiger partial charge in [0.05, 0.1) is 19.1 Å². The Balaban J connectivity index is 2.51. The minimum Gasteiger partial charge on any atom is -0.507 e. The van der Waals surface area contributed by atoms with Gasteiger partial charge in [-0.05, 0) is 81.1 Å². The average molecular weight is 564 g/mol. The molecule has 2 aromatic carbocycles. The number of rotatable bonds is 4. The van der Waals surface area contributed by atoms with Crippen molar-refractivity contribution in [1.29, 1.82) is 0 Å². The molecule has 0 heterocycles. The summed E-state index contributed by atoms with van der Waals surface area (Å²) in [5.41, 5.74) is -1.01. The van der Waals surface area contributed by atoms with Gasteiger partial charge >= 0.3 is 12.1 Å². The second kappa shape index (κ2) is 7.33. The van der Waals surface area contributed by atoms with Crippen molar-refractivity contribution in [3.05, 3.63) is 48.6 Å². The first-order chi connectivity index (χ1) is 11.1. The second-order valence-corrected chi connectivity index (χ2v) is 7.06. The molecular formula is C15H9F3I2O4. The van der Waals surface area contributed by atoms with Crippen LogP contribution in [0.2, 0.25) is 0 Å². The van der Waals surface area contributed by atoms with Crippen molar-refractivity contribution in [3.8, 4) is 17.2 Å². The van der Waals surface area contributed by atoms with Gasteiger partial charge in [-0.15, -0.1) is 0 Å². The lowest BCUT2D eigenvalue weighted by Crippen LogP contribution is -2.11. The number of phenolic OH excluding ortho intramolecular Hbond substituents is 1. The van der Waals surface area contributed by atoms with E-state index in [1.54, 1.807) is 22.6 Å². The number of carboxylic acids is 1.